The maximum atomic E-state index is 2.46. The van der Waals surface area contributed by atoms with Crippen LogP contribution >= 0.6 is 0 Å². The minimum Gasteiger partial charge on any atom is -0.343 e. The molecule has 2 heteroatoms. The van der Waals surface area contributed by atoms with Crippen molar-refractivity contribution in [1.82, 2.24) is 9.13 Å². The highest BCUT2D eigenvalue weighted by Gasteiger charge is 2.22. The summed E-state index contributed by atoms with van der Waals surface area (Å²) < 4.78 is 4.83. The highest BCUT2D eigenvalue weighted by atomic mass is 15.0. The van der Waals surface area contributed by atoms with E-state index in [1.165, 1.54) is 49.7 Å². The number of para-hydroxylation sites is 2. The average Bonchev–Trinajstić information content (AvgIpc) is 3.22. The lowest BCUT2D eigenvalue weighted by Gasteiger charge is -2.13. The molecule has 27 heavy (non-hydrogen) atoms. The highest BCUT2D eigenvalue weighted by Crippen LogP contribution is 2.40. The van der Waals surface area contributed by atoms with Crippen molar-refractivity contribution in [3.05, 3.63) is 84.1 Å². The molecule has 0 aliphatic heterocycles. The van der Waals surface area contributed by atoms with E-state index in [9.17, 15) is 0 Å². The lowest BCUT2D eigenvalue weighted by molar-refractivity contribution is 0.888. The molecule has 2 heterocycles. The number of rotatable bonds is 1. The number of allylic oxidation sites excluding steroid dienone is 1. The Morgan fingerprint density at radius 1 is 0.778 bits per heavy atom. The van der Waals surface area contributed by atoms with Crippen molar-refractivity contribution in [3.8, 4) is 5.69 Å². The second kappa shape index (κ2) is 5.37. The van der Waals surface area contributed by atoms with Crippen LogP contribution in [-0.4, -0.2) is 9.13 Å². The molecule has 2 nitrogen and oxygen atoms in total. The predicted molar refractivity (Wildman–Crippen MR) is 115 cm³/mol. The summed E-state index contributed by atoms with van der Waals surface area (Å²) in [5.74, 6) is 0. The zero-order valence-electron chi connectivity index (χ0n) is 15.3. The van der Waals surface area contributed by atoms with Gasteiger partial charge in [0.2, 0.25) is 0 Å². The number of aromatic nitrogens is 2. The SMILES string of the molecule is Cn1c2ccccc2c2ccc3c(c4c(n3-c3ccccc3)CCC=C4)c21. The summed E-state index contributed by atoms with van der Waals surface area (Å²) in [7, 11) is 2.20. The predicted octanol–water partition coefficient (Wildman–Crippen LogP) is 6.23. The van der Waals surface area contributed by atoms with Crippen LogP contribution in [0.25, 0.3) is 44.5 Å². The second-order valence-electron chi connectivity index (χ2n) is 7.40. The van der Waals surface area contributed by atoms with Gasteiger partial charge in [-0.3, -0.25) is 0 Å². The number of hydrogen-bond acceptors (Lipinski definition) is 0. The van der Waals surface area contributed by atoms with Crippen LogP contribution in [0.3, 0.4) is 0 Å². The number of nitrogens with zero attached hydrogens (tertiary/aromatic N) is 2. The van der Waals surface area contributed by atoms with E-state index in [2.05, 4.69) is 95.1 Å². The summed E-state index contributed by atoms with van der Waals surface area (Å²) in [4.78, 5) is 0. The first-order valence-electron chi connectivity index (χ1n) is 9.60. The van der Waals surface area contributed by atoms with Crippen molar-refractivity contribution < 1.29 is 0 Å². The number of fused-ring (bicyclic) bond motifs is 7. The van der Waals surface area contributed by atoms with Gasteiger partial charge in [-0.15, -0.1) is 0 Å². The zero-order chi connectivity index (χ0) is 18.0. The van der Waals surface area contributed by atoms with Crippen LogP contribution < -0.4 is 0 Å². The van der Waals surface area contributed by atoms with Gasteiger partial charge < -0.3 is 9.13 Å². The molecule has 3 aromatic carbocycles. The largest absolute Gasteiger partial charge is 0.343 e. The summed E-state index contributed by atoms with van der Waals surface area (Å²) >= 11 is 0. The monoisotopic (exact) mass is 348 g/mol. The van der Waals surface area contributed by atoms with E-state index in [-0.39, 0.29) is 0 Å². The van der Waals surface area contributed by atoms with Crippen molar-refractivity contribution in [2.75, 3.05) is 0 Å². The van der Waals surface area contributed by atoms with Crippen LogP contribution in [-0.2, 0) is 13.5 Å². The fourth-order valence-electron chi connectivity index (χ4n) is 4.84. The van der Waals surface area contributed by atoms with Crippen LogP contribution in [0.4, 0.5) is 0 Å². The Morgan fingerprint density at radius 2 is 1.59 bits per heavy atom. The highest BCUT2D eigenvalue weighted by molar-refractivity contribution is 6.19. The van der Waals surface area contributed by atoms with Crippen molar-refractivity contribution in [1.29, 1.82) is 0 Å². The lowest BCUT2D eigenvalue weighted by atomic mass is 10.0. The van der Waals surface area contributed by atoms with Crippen LogP contribution in [0.2, 0.25) is 0 Å². The van der Waals surface area contributed by atoms with Gasteiger partial charge >= 0.3 is 0 Å². The quantitative estimate of drug-likeness (QED) is 0.339. The molecule has 1 aliphatic rings. The van der Waals surface area contributed by atoms with Gasteiger partial charge in [0.05, 0.1) is 11.0 Å². The van der Waals surface area contributed by atoms with E-state index in [1.807, 2.05) is 0 Å². The zero-order valence-corrected chi connectivity index (χ0v) is 15.3. The van der Waals surface area contributed by atoms with Crippen LogP contribution in [0.5, 0.6) is 0 Å². The molecular formula is C25H20N2. The van der Waals surface area contributed by atoms with Gasteiger partial charge in [-0.2, -0.15) is 0 Å². The Hall–Kier alpha value is -3.26. The van der Waals surface area contributed by atoms with Crippen molar-refractivity contribution in [3.63, 3.8) is 0 Å². The van der Waals surface area contributed by atoms with Crippen LogP contribution in [0.1, 0.15) is 17.7 Å². The standard InChI is InChI=1S/C25H20N2/c1-26-21-13-7-5-11-18(21)19-15-16-23-24(25(19)26)20-12-6-8-14-22(20)27(23)17-9-3-2-4-10-17/h2-7,9-13,15-16H,8,14H2,1H3. The first kappa shape index (κ1) is 14.9. The smallest absolute Gasteiger partial charge is 0.0590 e. The molecule has 0 saturated heterocycles. The molecule has 0 amide bonds. The van der Waals surface area contributed by atoms with Crippen molar-refractivity contribution in [2.45, 2.75) is 12.8 Å². The lowest BCUT2D eigenvalue weighted by Crippen LogP contribution is -2.02. The summed E-state index contributed by atoms with van der Waals surface area (Å²) in [5, 5.41) is 4.05. The summed E-state index contributed by atoms with van der Waals surface area (Å²) in [6.07, 6.45) is 6.84. The Morgan fingerprint density at radius 3 is 2.48 bits per heavy atom. The molecule has 0 saturated carbocycles. The molecule has 0 radical (unpaired) electrons. The van der Waals surface area contributed by atoms with Crippen LogP contribution in [0.15, 0.2) is 72.8 Å². The fraction of sp³-hybridized carbons (Fsp3) is 0.120. The van der Waals surface area contributed by atoms with E-state index in [1.54, 1.807) is 0 Å². The molecule has 5 aromatic rings. The first-order valence-corrected chi connectivity index (χ1v) is 9.60. The normalized spacial score (nSPS) is 13.7. The number of aryl methyl sites for hydroxylation is 1. The Balaban J connectivity index is 1.87. The van der Waals surface area contributed by atoms with E-state index >= 15 is 0 Å². The minimum absolute atomic E-state index is 1.08. The second-order valence-corrected chi connectivity index (χ2v) is 7.40. The van der Waals surface area contributed by atoms with Gasteiger partial charge in [0, 0.05) is 45.7 Å². The minimum atomic E-state index is 1.08. The van der Waals surface area contributed by atoms with Gasteiger partial charge in [-0.1, -0.05) is 54.6 Å². The maximum Gasteiger partial charge on any atom is 0.0590 e. The van der Waals surface area contributed by atoms with Gasteiger partial charge in [0.25, 0.3) is 0 Å². The number of hydrogen-bond donors (Lipinski definition) is 0. The molecule has 2 aromatic heterocycles. The molecule has 0 bridgehead atoms. The van der Waals surface area contributed by atoms with Crippen molar-refractivity contribution in [2.24, 2.45) is 7.05 Å². The third-order valence-corrected chi connectivity index (χ3v) is 5.98. The average molecular weight is 348 g/mol. The Bertz CT molecular complexity index is 1360. The summed E-state index contributed by atoms with van der Waals surface area (Å²) in [5.41, 5.74) is 7.99. The summed E-state index contributed by atoms with van der Waals surface area (Å²) in [6, 6.07) is 24.1. The Kier molecular flexibility index (Phi) is 2.96. The molecule has 0 spiro atoms. The van der Waals surface area contributed by atoms with Crippen molar-refractivity contribution >= 4 is 38.8 Å². The van der Waals surface area contributed by atoms with E-state index < -0.39 is 0 Å². The first-order chi connectivity index (χ1) is 13.3. The van der Waals surface area contributed by atoms with E-state index in [0.717, 1.165) is 12.8 Å². The summed E-state index contributed by atoms with van der Waals surface area (Å²) in [6.45, 7) is 0. The number of benzene rings is 3. The molecule has 130 valence electrons. The molecule has 1 aliphatic carbocycles. The van der Waals surface area contributed by atoms with E-state index in [4.69, 9.17) is 0 Å². The maximum absolute atomic E-state index is 2.46. The topological polar surface area (TPSA) is 9.86 Å². The third kappa shape index (κ3) is 1.90. The molecule has 0 unspecified atom stereocenters. The van der Waals surface area contributed by atoms with E-state index in [0.29, 0.717) is 0 Å². The molecule has 0 atom stereocenters. The Labute approximate surface area is 158 Å². The van der Waals surface area contributed by atoms with Gasteiger partial charge in [0.1, 0.15) is 0 Å². The van der Waals surface area contributed by atoms with Crippen LogP contribution in [0, 0.1) is 0 Å². The van der Waals surface area contributed by atoms with Gasteiger partial charge in [-0.05, 0) is 37.1 Å². The molecule has 0 fully saturated rings. The molecule has 6 rings (SSSR count). The fourth-order valence-corrected chi connectivity index (χ4v) is 4.84. The molecular weight excluding hydrogens is 328 g/mol. The molecule has 0 N–H and O–H groups in total. The van der Waals surface area contributed by atoms with Gasteiger partial charge in [-0.25, -0.2) is 0 Å². The third-order valence-electron chi connectivity index (χ3n) is 5.98. The van der Waals surface area contributed by atoms with Gasteiger partial charge in [0.15, 0.2) is 0 Å².